The van der Waals surface area contributed by atoms with E-state index < -0.39 is 0 Å². The van der Waals surface area contributed by atoms with Gasteiger partial charge in [0, 0.05) is 18.6 Å². The molecule has 0 amide bonds. The van der Waals surface area contributed by atoms with Gasteiger partial charge >= 0.3 is 0 Å². The zero-order chi connectivity index (χ0) is 18.1. The summed E-state index contributed by atoms with van der Waals surface area (Å²) in [6.07, 6.45) is 14.8. The van der Waals surface area contributed by atoms with Crippen LogP contribution in [-0.2, 0) is 0 Å². The number of hydrogen-bond acceptors (Lipinski definition) is 2. The van der Waals surface area contributed by atoms with Crippen LogP contribution in [0.3, 0.4) is 0 Å². The average molecular weight is 339 g/mol. The second kappa shape index (κ2) is 10.8. The maximum Gasteiger partial charge on any atom is 0.0258 e. The first kappa shape index (κ1) is 22.0. The lowest BCUT2D eigenvalue weighted by Crippen LogP contribution is -2.58. The Morgan fingerprint density at radius 3 is 1.75 bits per heavy atom. The number of unbranched alkanes of at least 4 members (excludes halogenated alkanes) is 2. The van der Waals surface area contributed by atoms with Crippen LogP contribution in [0.2, 0.25) is 0 Å². The molecule has 3 atom stereocenters. The summed E-state index contributed by atoms with van der Waals surface area (Å²) in [6.45, 7) is 13.8. The summed E-state index contributed by atoms with van der Waals surface area (Å²) < 4.78 is 0. The molecule has 1 heterocycles. The Labute approximate surface area is 152 Å². The highest BCUT2D eigenvalue weighted by atomic mass is 15.0. The number of hydrogen-bond donors (Lipinski definition) is 2. The summed E-state index contributed by atoms with van der Waals surface area (Å²) >= 11 is 0. The number of piperidine rings is 1. The first-order chi connectivity index (χ1) is 11.4. The van der Waals surface area contributed by atoms with E-state index in [2.05, 4.69) is 39.9 Å². The van der Waals surface area contributed by atoms with Crippen molar-refractivity contribution in [1.82, 2.24) is 5.32 Å². The van der Waals surface area contributed by atoms with Crippen molar-refractivity contribution in [3.05, 3.63) is 0 Å². The van der Waals surface area contributed by atoms with Gasteiger partial charge in [0.15, 0.2) is 0 Å². The molecule has 1 aliphatic heterocycles. The SMILES string of the molecule is CCCCC(CC)CC1(CC(CC)CCCC)CNCC(C)(N)C1. The Morgan fingerprint density at radius 1 is 0.875 bits per heavy atom. The van der Waals surface area contributed by atoms with Gasteiger partial charge in [0.05, 0.1) is 0 Å². The molecule has 0 aromatic rings. The van der Waals surface area contributed by atoms with E-state index in [1.165, 1.54) is 77.2 Å². The highest BCUT2D eigenvalue weighted by molar-refractivity contribution is 4.99. The zero-order valence-electron chi connectivity index (χ0n) is 17.4. The third kappa shape index (κ3) is 7.44. The van der Waals surface area contributed by atoms with Crippen LogP contribution in [0.25, 0.3) is 0 Å². The zero-order valence-corrected chi connectivity index (χ0v) is 17.4. The van der Waals surface area contributed by atoms with Crippen molar-refractivity contribution < 1.29 is 0 Å². The van der Waals surface area contributed by atoms with Gasteiger partial charge in [0.1, 0.15) is 0 Å². The van der Waals surface area contributed by atoms with Crippen LogP contribution in [-0.4, -0.2) is 18.6 Å². The molecule has 3 N–H and O–H groups in total. The van der Waals surface area contributed by atoms with E-state index in [1.54, 1.807) is 0 Å². The van der Waals surface area contributed by atoms with Gasteiger partial charge in [-0.3, -0.25) is 0 Å². The molecule has 0 spiro atoms. The maximum atomic E-state index is 6.63. The predicted molar refractivity (Wildman–Crippen MR) is 108 cm³/mol. The Hall–Kier alpha value is -0.0800. The summed E-state index contributed by atoms with van der Waals surface area (Å²) in [5.41, 5.74) is 7.01. The van der Waals surface area contributed by atoms with E-state index in [4.69, 9.17) is 5.73 Å². The van der Waals surface area contributed by atoms with E-state index in [1.807, 2.05) is 0 Å². The van der Waals surface area contributed by atoms with Crippen LogP contribution in [0.4, 0.5) is 0 Å². The van der Waals surface area contributed by atoms with Crippen LogP contribution < -0.4 is 11.1 Å². The first-order valence-electron chi connectivity index (χ1n) is 10.9. The first-order valence-corrected chi connectivity index (χ1v) is 10.9. The number of nitrogens with one attached hydrogen (secondary N) is 1. The fraction of sp³-hybridized carbons (Fsp3) is 1.00. The van der Waals surface area contributed by atoms with Crippen molar-refractivity contribution in [1.29, 1.82) is 0 Å². The van der Waals surface area contributed by atoms with E-state index in [0.29, 0.717) is 5.41 Å². The minimum Gasteiger partial charge on any atom is -0.324 e. The molecule has 0 radical (unpaired) electrons. The predicted octanol–water partition coefficient (Wildman–Crippen LogP) is 5.90. The van der Waals surface area contributed by atoms with Gasteiger partial charge in [-0.25, -0.2) is 0 Å². The maximum absolute atomic E-state index is 6.63. The molecule has 144 valence electrons. The van der Waals surface area contributed by atoms with Gasteiger partial charge in [-0.15, -0.1) is 0 Å². The molecule has 1 saturated heterocycles. The minimum absolute atomic E-state index is 0.0374. The summed E-state index contributed by atoms with van der Waals surface area (Å²) in [6, 6.07) is 0. The molecular formula is C22H46N2. The van der Waals surface area contributed by atoms with Gasteiger partial charge in [-0.2, -0.15) is 0 Å². The molecule has 0 aliphatic carbocycles. The van der Waals surface area contributed by atoms with Gasteiger partial charge < -0.3 is 11.1 Å². The second-order valence-electron chi connectivity index (χ2n) is 9.18. The molecule has 2 nitrogen and oxygen atoms in total. The Kier molecular flexibility index (Phi) is 9.89. The van der Waals surface area contributed by atoms with Crippen LogP contribution in [0.5, 0.6) is 0 Å². The van der Waals surface area contributed by atoms with E-state index in [9.17, 15) is 0 Å². The molecule has 0 bridgehead atoms. The summed E-state index contributed by atoms with van der Waals surface area (Å²) in [7, 11) is 0. The molecule has 3 unspecified atom stereocenters. The highest BCUT2D eigenvalue weighted by Crippen LogP contribution is 2.44. The van der Waals surface area contributed by atoms with Crippen LogP contribution in [0.1, 0.15) is 105 Å². The van der Waals surface area contributed by atoms with E-state index in [0.717, 1.165) is 18.4 Å². The van der Waals surface area contributed by atoms with Gasteiger partial charge in [0.2, 0.25) is 0 Å². The Bertz CT molecular complexity index is 306. The van der Waals surface area contributed by atoms with Crippen molar-refractivity contribution in [2.75, 3.05) is 13.1 Å². The smallest absolute Gasteiger partial charge is 0.0258 e. The van der Waals surface area contributed by atoms with Gasteiger partial charge in [-0.1, -0.05) is 79.1 Å². The lowest BCUT2D eigenvalue weighted by atomic mass is 9.63. The molecule has 1 aliphatic rings. The van der Waals surface area contributed by atoms with Crippen molar-refractivity contribution in [2.45, 2.75) is 111 Å². The highest BCUT2D eigenvalue weighted by Gasteiger charge is 2.42. The monoisotopic (exact) mass is 338 g/mol. The molecule has 0 saturated carbocycles. The van der Waals surface area contributed by atoms with Crippen LogP contribution in [0.15, 0.2) is 0 Å². The molecule has 2 heteroatoms. The van der Waals surface area contributed by atoms with E-state index >= 15 is 0 Å². The normalized spacial score (nSPS) is 30.2. The Morgan fingerprint density at radius 2 is 1.38 bits per heavy atom. The lowest BCUT2D eigenvalue weighted by molar-refractivity contribution is 0.0726. The molecule has 1 rings (SSSR count). The molecular weight excluding hydrogens is 292 g/mol. The summed E-state index contributed by atoms with van der Waals surface area (Å²) in [5.74, 6) is 1.76. The number of nitrogens with two attached hydrogens (primary N) is 1. The van der Waals surface area contributed by atoms with Gasteiger partial charge in [0.25, 0.3) is 0 Å². The molecule has 24 heavy (non-hydrogen) atoms. The summed E-state index contributed by atoms with van der Waals surface area (Å²) in [5, 5.41) is 3.71. The van der Waals surface area contributed by atoms with Crippen molar-refractivity contribution >= 4 is 0 Å². The van der Waals surface area contributed by atoms with Crippen LogP contribution in [0, 0.1) is 17.3 Å². The van der Waals surface area contributed by atoms with Crippen LogP contribution >= 0.6 is 0 Å². The van der Waals surface area contributed by atoms with Crippen molar-refractivity contribution in [2.24, 2.45) is 23.0 Å². The van der Waals surface area contributed by atoms with Crippen molar-refractivity contribution in [3.8, 4) is 0 Å². The fourth-order valence-electron chi connectivity index (χ4n) is 5.08. The van der Waals surface area contributed by atoms with Gasteiger partial charge in [-0.05, 0) is 43.4 Å². The van der Waals surface area contributed by atoms with Crippen molar-refractivity contribution in [3.63, 3.8) is 0 Å². The topological polar surface area (TPSA) is 38.0 Å². The molecule has 1 fully saturated rings. The molecule has 0 aromatic heterocycles. The summed E-state index contributed by atoms with van der Waals surface area (Å²) in [4.78, 5) is 0. The standard InChI is InChI=1S/C22H46N2/c1-6-10-12-19(8-3)14-22(15-20(9-4)13-11-7-2)16-21(5,23)17-24-18-22/h19-20,24H,6-18,23H2,1-5H3. The minimum atomic E-state index is -0.0374. The average Bonchev–Trinajstić information content (AvgIpc) is 2.54. The third-order valence-corrected chi connectivity index (χ3v) is 6.34. The second-order valence-corrected chi connectivity index (χ2v) is 9.18. The number of rotatable bonds is 12. The lowest BCUT2D eigenvalue weighted by Gasteiger charge is -2.48. The largest absolute Gasteiger partial charge is 0.324 e. The fourth-order valence-corrected chi connectivity index (χ4v) is 5.08. The molecule has 0 aromatic carbocycles. The third-order valence-electron chi connectivity index (χ3n) is 6.34. The van der Waals surface area contributed by atoms with E-state index in [-0.39, 0.29) is 5.54 Å². The Balaban J connectivity index is 2.85. The quantitative estimate of drug-likeness (QED) is 0.465.